The van der Waals surface area contributed by atoms with E-state index in [2.05, 4.69) is 26.9 Å². The summed E-state index contributed by atoms with van der Waals surface area (Å²) in [5, 5.41) is 3.51. The van der Waals surface area contributed by atoms with Gasteiger partial charge in [0.25, 0.3) is 0 Å². The smallest absolute Gasteiger partial charge is 0.309 e. The van der Waals surface area contributed by atoms with Crippen LogP contribution in [0, 0.1) is 0 Å². The number of rotatable bonds is 9. The quantitative estimate of drug-likeness (QED) is 0.226. The van der Waals surface area contributed by atoms with E-state index < -0.39 is 0 Å². The molecule has 0 saturated heterocycles. The van der Waals surface area contributed by atoms with Crippen molar-refractivity contribution in [3.63, 3.8) is 0 Å². The Hall–Kier alpha value is -2.00. The Labute approximate surface area is 119 Å². The van der Waals surface area contributed by atoms with Crippen molar-refractivity contribution >= 4 is 5.97 Å². The summed E-state index contributed by atoms with van der Waals surface area (Å²) < 4.78 is 4.64. The van der Waals surface area contributed by atoms with Crippen molar-refractivity contribution in [2.75, 3.05) is 13.7 Å². The third-order valence-corrected chi connectivity index (χ3v) is 3.14. The molecule has 0 saturated carbocycles. The molecule has 0 aliphatic carbocycles. The second-order valence-corrected chi connectivity index (χ2v) is 4.69. The first kappa shape index (κ1) is 16.1. The first-order valence-electron chi connectivity index (χ1n) is 6.91. The molecule has 0 aliphatic rings. The molecule has 0 amide bonds. The van der Waals surface area contributed by atoms with Gasteiger partial charge in [0.15, 0.2) is 0 Å². The fraction of sp³-hybridized carbons (Fsp3) is 0.533. The lowest BCUT2D eigenvalue weighted by molar-refractivity contribution is -0.139. The molecule has 1 aromatic rings. The lowest BCUT2D eigenvalue weighted by atomic mass is 10.0. The number of azide groups is 1. The molecule has 0 N–H and O–H groups in total. The number of carbonyl (C=O) groups excluding carboxylic acids is 1. The van der Waals surface area contributed by atoms with Crippen LogP contribution >= 0.6 is 0 Å². The average molecular weight is 275 g/mol. The summed E-state index contributed by atoms with van der Waals surface area (Å²) in [4.78, 5) is 13.9. The van der Waals surface area contributed by atoms with Gasteiger partial charge in [-0.05, 0) is 35.9 Å². The molecule has 5 heteroatoms. The zero-order valence-corrected chi connectivity index (χ0v) is 11.9. The normalized spacial score (nSPS) is 9.85. The van der Waals surface area contributed by atoms with Crippen LogP contribution < -0.4 is 0 Å². The number of aryl methyl sites for hydroxylation is 1. The van der Waals surface area contributed by atoms with Crippen LogP contribution in [0.5, 0.6) is 0 Å². The molecule has 0 atom stereocenters. The molecule has 1 rings (SSSR count). The minimum atomic E-state index is -0.210. The molecule has 1 aromatic carbocycles. The number of carbonyl (C=O) groups is 1. The first-order chi connectivity index (χ1) is 9.76. The van der Waals surface area contributed by atoms with E-state index in [1.54, 1.807) is 0 Å². The summed E-state index contributed by atoms with van der Waals surface area (Å²) in [7, 11) is 1.40. The summed E-state index contributed by atoms with van der Waals surface area (Å²) in [5.41, 5.74) is 10.4. The van der Waals surface area contributed by atoms with Crippen LogP contribution in [0.25, 0.3) is 10.4 Å². The number of hydrogen-bond acceptors (Lipinski definition) is 3. The van der Waals surface area contributed by atoms with Gasteiger partial charge in [-0.15, -0.1) is 0 Å². The molecule has 20 heavy (non-hydrogen) atoms. The predicted octanol–water partition coefficient (Wildman–Crippen LogP) is 3.82. The SMILES string of the molecule is COC(=O)Cc1ccc(CCCCCCN=[N+]=[N-])cc1. The summed E-state index contributed by atoms with van der Waals surface area (Å²) in [6.07, 6.45) is 5.70. The van der Waals surface area contributed by atoms with E-state index in [1.165, 1.54) is 12.7 Å². The number of benzene rings is 1. The maximum absolute atomic E-state index is 11.1. The minimum Gasteiger partial charge on any atom is -0.469 e. The summed E-state index contributed by atoms with van der Waals surface area (Å²) in [6.45, 7) is 0.596. The Morgan fingerprint density at radius 1 is 1.15 bits per heavy atom. The highest BCUT2D eigenvalue weighted by Crippen LogP contribution is 2.10. The maximum atomic E-state index is 11.1. The zero-order chi connectivity index (χ0) is 14.6. The van der Waals surface area contributed by atoms with Crippen molar-refractivity contribution in [1.82, 2.24) is 0 Å². The third kappa shape index (κ3) is 6.81. The zero-order valence-electron chi connectivity index (χ0n) is 11.9. The molecular formula is C15H21N3O2. The Morgan fingerprint density at radius 2 is 1.80 bits per heavy atom. The van der Waals surface area contributed by atoms with Crippen molar-refractivity contribution in [1.29, 1.82) is 0 Å². The molecular weight excluding hydrogens is 254 g/mol. The van der Waals surface area contributed by atoms with Crippen LogP contribution in [-0.2, 0) is 22.4 Å². The first-order valence-corrected chi connectivity index (χ1v) is 6.91. The molecule has 0 aromatic heterocycles. The molecule has 0 heterocycles. The van der Waals surface area contributed by atoms with Gasteiger partial charge < -0.3 is 4.74 Å². The molecule has 0 aliphatic heterocycles. The molecule has 0 radical (unpaired) electrons. The Kier molecular flexibility index (Phi) is 7.92. The van der Waals surface area contributed by atoms with Crippen LogP contribution in [0.1, 0.15) is 36.8 Å². The van der Waals surface area contributed by atoms with Crippen LogP contribution in [0.3, 0.4) is 0 Å². The van der Waals surface area contributed by atoms with Crippen molar-refractivity contribution in [2.24, 2.45) is 5.11 Å². The number of nitrogens with zero attached hydrogens (tertiary/aromatic N) is 3. The highest BCUT2D eigenvalue weighted by molar-refractivity contribution is 5.72. The Balaban J connectivity index is 2.21. The highest BCUT2D eigenvalue weighted by Gasteiger charge is 2.02. The monoisotopic (exact) mass is 275 g/mol. The molecule has 108 valence electrons. The molecule has 0 unspecified atom stereocenters. The molecule has 0 spiro atoms. The van der Waals surface area contributed by atoms with E-state index in [9.17, 15) is 4.79 Å². The lowest BCUT2D eigenvalue weighted by Gasteiger charge is -2.04. The number of hydrogen-bond donors (Lipinski definition) is 0. The van der Waals surface area contributed by atoms with E-state index in [0.717, 1.165) is 37.7 Å². The molecule has 5 nitrogen and oxygen atoms in total. The van der Waals surface area contributed by atoms with E-state index in [0.29, 0.717) is 13.0 Å². The van der Waals surface area contributed by atoms with Gasteiger partial charge in [-0.1, -0.05) is 42.2 Å². The third-order valence-electron chi connectivity index (χ3n) is 3.14. The van der Waals surface area contributed by atoms with Gasteiger partial charge in [0.1, 0.15) is 0 Å². The van der Waals surface area contributed by atoms with E-state index in [1.807, 2.05) is 12.1 Å². The van der Waals surface area contributed by atoms with Gasteiger partial charge in [0.05, 0.1) is 13.5 Å². The number of methoxy groups -OCH3 is 1. The van der Waals surface area contributed by atoms with Crippen molar-refractivity contribution < 1.29 is 9.53 Å². The topological polar surface area (TPSA) is 75.1 Å². The van der Waals surface area contributed by atoms with Crippen LogP contribution in [-0.4, -0.2) is 19.6 Å². The molecule has 0 fully saturated rings. The predicted molar refractivity (Wildman–Crippen MR) is 78.3 cm³/mol. The minimum absolute atomic E-state index is 0.210. The lowest BCUT2D eigenvalue weighted by Crippen LogP contribution is -2.04. The second-order valence-electron chi connectivity index (χ2n) is 4.69. The van der Waals surface area contributed by atoms with E-state index in [4.69, 9.17) is 5.53 Å². The second kappa shape index (κ2) is 9.87. The van der Waals surface area contributed by atoms with Crippen LogP contribution in [0.4, 0.5) is 0 Å². The Bertz CT molecular complexity index is 451. The van der Waals surface area contributed by atoms with Crippen molar-refractivity contribution in [3.8, 4) is 0 Å². The Morgan fingerprint density at radius 3 is 2.45 bits per heavy atom. The van der Waals surface area contributed by atoms with Gasteiger partial charge in [0, 0.05) is 11.5 Å². The van der Waals surface area contributed by atoms with E-state index in [-0.39, 0.29) is 5.97 Å². The van der Waals surface area contributed by atoms with Gasteiger partial charge >= 0.3 is 5.97 Å². The number of esters is 1. The molecule has 0 bridgehead atoms. The summed E-state index contributed by atoms with van der Waals surface area (Å²) in [5.74, 6) is -0.210. The van der Waals surface area contributed by atoms with Gasteiger partial charge in [-0.25, -0.2) is 0 Å². The van der Waals surface area contributed by atoms with Gasteiger partial charge in [-0.2, -0.15) is 0 Å². The summed E-state index contributed by atoms with van der Waals surface area (Å²) >= 11 is 0. The summed E-state index contributed by atoms with van der Waals surface area (Å²) in [6, 6.07) is 8.10. The fourth-order valence-electron chi connectivity index (χ4n) is 1.97. The standard InChI is InChI=1S/C15H21N3O2/c1-20-15(19)12-14-9-7-13(8-10-14)6-4-2-3-5-11-17-18-16/h7-10H,2-6,11-12H2,1H3. The van der Waals surface area contributed by atoms with Crippen LogP contribution in [0.15, 0.2) is 29.4 Å². The number of ether oxygens (including phenoxy) is 1. The highest BCUT2D eigenvalue weighted by atomic mass is 16.5. The van der Waals surface area contributed by atoms with Gasteiger partial charge in [0.2, 0.25) is 0 Å². The van der Waals surface area contributed by atoms with E-state index >= 15 is 0 Å². The maximum Gasteiger partial charge on any atom is 0.309 e. The fourth-order valence-corrected chi connectivity index (χ4v) is 1.97. The van der Waals surface area contributed by atoms with Crippen molar-refractivity contribution in [3.05, 3.63) is 45.8 Å². The van der Waals surface area contributed by atoms with Gasteiger partial charge in [-0.3, -0.25) is 4.79 Å². The average Bonchev–Trinajstić information content (AvgIpc) is 2.48. The van der Waals surface area contributed by atoms with Crippen molar-refractivity contribution in [2.45, 2.75) is 38.5 Å². The van der Waals surface area contributed by atoms with Crippen LogP contribution in [0.2, 0.25) is 0 Å². The largest absolute Gasteiger partial charge is 0.469 e. The number of unbranched alkanes of at least 4 members (excludes halogenated alkanes) is 3.